The van der Waals surface area contributed by atoms with E-state index in [9.17, 15) is 4.79 Å². The zero-order chi connectivity index (χ0) is 12.3. The van der Waals surface area contributed by atoms with E-state index in [1.165, 1.54) is 0 Å². The van der Waals surface area contributed by atoms with Gasteiger partial charge in [-0.3, -0.25) is 4.79 Å². The first-order valence-corrected chi connectivity index (χ1v) is 4.96. The second-order valence-corrected chi connectivity index (χ2v) is 3.70. The van der Waals surface area contributed by atoms with Crippen molar-refractivity contribution in [3.63, 3.8) is 0 Å². The predicted octanol–water partition coefficient (Wildman–Crippen LogP) is 1.83. The van der Waals surface area contributed by atoms with Gasteiger partial charge in [-0.05, 0) is 38.0 Å². The van der Waals surface area contributed by atoms with E-state index in [2.05, 4.69) is 4.99 Å². The molecule has 2 N–H and O–H groups in total. The van der Waals surface area contributed by atoms with Gasteiger partial charge >= 0.3 is 0 Å². The molecule has 1 amide bonds. The molecule has 16 heavy (non-hydrogen) atoms. The van der Waals surface area contributed by atoms with Crippen molar-refractivity contribution in [2.45, 2.75) is 20.8 Å². The second kappa shape index (κ2) is 4.79. The Morgan fingerprint density at radius 1 is 1.31 bits per heavy atom. The van der Waals surface area contributed by atoms with E-state index < -0.39 is 0 Å². The summed E-state index contributed by atoms with van der Waals surface area (Å²) in [6.45, 7) is 5.37. The van der Waals surface area contributed by atoms with E-state index in [-0.39, 0.29) is 11.7 Å². The third-order valence-corrected chi connectivity index (χ3v) is 2.25. The summed E-state index contributed by atoms with van der Waals surface area (Å²) in [6, 6.07) is 3.59. The Kier molecular flexibility index (Phi) is 3.66. The third kappa shape index (κ3) is 2.59. The van der Waals surface area contributed by atoms with Gasteiger partial charge in [0.15, 0.2) is 0 Å². The first-order chi connectivity index (χ1) is 7.45. The number of ether oxygens (including phenoxy) is 1. The largest absolute Gasteiger partial charge is 0.496 e. The van der Waals surface area contributed by atoms with Crippen LogP contribution < -0.4 is 10.5 Å². The van der Waals surface area contributed by atoms with Gasteiger partial charge in [0.05, 0.1) is 7.11 Å². The van der Waals surface area contributed by atoms with Crippen LogP contribution in [-0.2, 0) is 0 Å². The van der Waals surface area contributed by atoms with Gasteiger partial charge in [0.1, 0.15) is 11.6 Å². The van der Waals surface area contributed by atoms with Gasteiger partial charge in [-0.15, -0.1) is 0 Å². The molecular weight excluding hydrogens is 204 g/mol. The van der Waals surface area contributed by atoms with Crippen molar-refractivity contribution in [1.82, 2.24) is 0 Å². The summed E-state index contributed by atoms with van der Waals surface area (Å²) in [5, 5.41) is 0. The number of amidine groups is 1. The first-order valence-electron chi connectivity index (χ1n) is 4.96. The predicted molar refractivity (Wildman–Crippen MR) is 64.1 cm³/mol. The van der Waals surface area contributed by atoms with Crippen LogP contribution in [-0.4, -0.2) is 18.9 Å². The Morgan fingerprint density at radius 2 is 1.94 bits per heavy atom. The van der Waals surface area contributed by atoms with Crippen molar-refractivity contribution in [2.24, 2.45) is 10.7 Å². The van der Waals surface area contributed by atoms with E-state index in [1.807, 2.05) is 19.9 Å². The van der Waals surface area contributed by atoms with Crippen LogP contribution in [0.3, 0.4) is 0 Å². The van der Waals surface area contributed by atoms with Gasteiger partial charge in [-0.1, -0.05) is 6.07 Å². The molecule has 0 aliphatic rings. The molecule has 0 atom stereocenters. The van der Waals surface area contributed by atoms with Crippen LogP contribution in [0.4, 0.5) is 0 Å². The maximum atomic E-state index is 11.7. The smallest absolute Gasteiger partial charge is 0.279 e. The molecule has 0 saturated heterocycles. The number of benzene rings is 1. The number of amides is 1. The van der Waals surface area contributed by atoms with Gasteiger partial charge in [0, 0.05) is 5.56 Å². The molecule has 1 aromatic carbocycles. The number of nitrogens with zero attached hydrogens (tertiary/aromatic N) is 1. The molecule has 0 saturated carbocycles. The van der Waals surface area contributed by atoms with E-state index in [1.54, 1.807) is 20.1 Å². The van der Waals surface area contributed by atoms with E-state index in [0.29, 0.717) is 11.3 Å². The van der Waals surface area contributed by atoms with Crippen LogP contribution in [0.5, 0.6) is 5.75 Å². The maximum absolute atomic E-state index is 11.7. The number of hydrogen-bond donors (Lipinski definition) is 1. The normalized spacial score (nSPS) is 11.4. The highest BCUT2D eigenvalue weighted by molar-refractivity contribution is 6.03. The number of aryl methyl sites for hydroxylation is 2. The Labute approximate surface area is 95.1 Å². The molecule has 0 radical (unpaired) electrons. The number of hydrogen-bond acceptors (Lipinski definition) is 2. The number of methoxy groups -OCH3 is 1. The molecular formula is C12H16N2O2. The van der Waals surface area contributed by atoms with Crippen LogP contribution in [0, 0.1) is 13.8 Å². The first kappa shape index (κ1) is 12.2. The third-order valence-electron chi connectivity index (χ3n) is 2.25. The van der Waals surface area contributed by atoms with Crippen molar-refractivity contribution in [3.8, 4) is 5.75 Å². The Morgan fingerprint density at radius 3 is 2.44 bits per heavy atom. The van der Waals surface area contributed by atoms with Crippen molar-refractivity contribution in [2.75, 3.05) is 7.11 Å². The summed E-state index contributed by atoms with van der Waals surface area (Å²) in [7, 11) is 1.57. The van der Waals surface area contributed by atoms with Gasteiger partial charge < -0.3 is 10.5 Å². The molecule has 86 valence electrons. The molecule has 0 heterocycles. The van der Waals surface area contributed by atoms with E-state index in [4.69, 9.17) is 10.5 Å². The molecule has 1 rings (SSSR count). The fourth-order valence-electron chi connectivity index (χ4n) is 1.50. The SMILES string of the molecule is COc1cc(C(=O)N=C(C)N)c(C)cc1C. The zero-order valence-corrected chi connectivity index (χ0v) is 10.00. The van der Waals surface area contributed by atoms with Gasteiger partial charge in [-0.25, -0.2) is 0 Å². The Bertz CT molecular complexity index is 447. The lowest BCUT2D eigenvalue weighted by atomic mass is 10.0. The van der Waals surface area contributed by atoms with Crippen molar-refractivity contribution in [1.29, 1.82) is 0 Å². The van der Waals surface area contributed by atoms with E-state index >= 15 is 0 Å². The molecule has 0 aromatic heterocycles. The van der Waals surface area contributed by atoms with Crippen molar-refractivity contribution in [3.05, 3.63) is 28.8 Å². The molecule has 0 spiro atoms. The molecule has 0 fully saturated rings. The summed E-state index contributed by atoms with van der Waals surface area (Å²) in [6.07, 6.45) is 0. The highest BCUT2D eigenvalue weighted by Gasteiger charge is 2.11. The summed E-state index contributed by atoms with van der Waals surface area (Å²) < 4.78 is 5.16. The number of aliphatic imine (C=N–C) groups is 1. The number of carbonyl (C=O) groups is 1. The lowest BCUT2D eigenvalue weighted by Gasteiger charge is -2.08. The Balaban J connectivity index is 3.24. The van der Waals surface area contributed by atoms with Crippen LogP contribution in [0.1, 0.15) is 28.4 Å². The summed E-state index contributed by atoms with van der Waals surface area (Å²) in [4.78, 5) is 15.4. The molecule has 4 heteroatoms. The molecule has 4 nitrogen and oxygen atoms in total. The summed E-state index contributed by atoms with van der Waals surface area (Å²) in [5.41, 5.74) is 7.76. The number of carbonyl (C=O) groups excluding carboxylic acids is 1. The second-order valence-electron chi connectivity index (χ2n) is 3.70. The molecule has 0 aliphatic carbocycles. The zero-order valence-electron chi connectivity index (χ0n) is 10.00. The lowest BCUT2D eigenvalue weighted by molar-refractivity contribution is 0.100. The van der Waals surface area contributed by atoms with Crippen LogP contribution in [0.25, 0.3) is 0 Å². The summed E-state index contributed by atoms with van der Waals surface area (Å²) >= 11 is 0. The van der Waals surface area contributed by atoms with Gasteiger partial charge in [0.25, 0.3) is 5.91 Å². The van der Waals surface area contributed by atoms with Crippen molar-refractivity contribution >= 4 is 11.7 Å². The molecule has 0 bridgehead atoms. The number of rotatable bonds is 2. The van der Waals surface area contributed by atoms with Gasteiger partial charge in [-0.2, -0.15) is 4.99 Å². The fraction of sp³-hybridized carbons (Fsp3) is 0.333. The minimum atomic E-state index is -0.337. The van der Waals surface area contributed by atoms with Crippen LogP contribution in [0.2, 0.25) is 0 Å². The summed E-state index contributed by atoms with van der Waals surface area (Å²) in [5.74, 6) is 0.596. The van der Waals surface area contributed by atoms with E-state index in [0.717, 1.165) is 11.1 Å². The lowest BCUT2D eigenvalue weighted by Crippen LogP contribution is -2.10. The quantitative estimate of drug-likeness (QED) is 0.610. The van der Waals surface area contributed by atoms with Gasteiger partial charge in [0.2, 0.25) is 0 Å². The minimum absolute atomic E-state index is 0.254. The maximum Gasteiger partial charge on any atom is 0.279 e. The Hall–Kier alpha value is -1.84. The fourth-order valence-corrected chi connectivity index (χ4v) is 1.50. The number of nitrogens with two attached hydrogens (primary N) is 1. The highest BCUT2D eigenvalue weighted by atomic mass is 16.5. The van der Waals surface area contributed by atoms with Crippen LogP contribution in [0.15, 0.2) is 17.1 Å². The highest BCUT2D eigenvalue weighted by Crippen LogP contribution is 2.23. The molecule has 0 aliphatic heterocycles. The minimum Gasteiger partial charge on any atom is -0.496 e. The molecule has 0 unspecified atom stereocenters. The average molecular weight is 220 g/mol. The van der Waals surface area contributed by atoms with Crippen LogP contribution >= 0.6 is 0 Å². The average Bonchev–Trinajstić information content (AvgIpc) is 2.16. The topological polar surface area (TPSA) is 64.7 Å². The van der Waals surface area contributed by atoms with Crippen molar-refractivity contribution < 1.29 is 9.53 Å². The monoisotopic (exact) mass is 220 g/mol. The standard InChI is InChI=1S/C12H16N2O2/c1-7-5-8(2)11(16-4)6-10(7)12(15)14-9(3)13/h5-6H,1-4H3,(H2,13,14,15). The molecule has 1 aromatic rings.